The number of nitrogens with zero attached hydrogens (tertiary/aromatic N) is 3. The number of nitrogens with one attached hydrogen (secondary N) is 1. The molecule has 4 rings (SSSR count). The van der Waals surface area contributed by atoms with E-state index in [0.717, 1.165) is 29.4 Å². The van der Waals surface area contributed by atoms with Crippen LogP contribution in [-0.2, 0) is 11.3 Å². The van der Waals surface area contributed by atoms with Gasteiger partial charge in [0.25, 0.3) is 5.91 Å². The third kappa shape index (κ3) is 5.19. The molecule has 32 heavy (non-hydrogen) atoms. The number of H-pyrrole nitrogens is 1. The lowest BCUT2D eigenvalue weighted by molar-refractivity contribution is -0.133. The van der Waals surface area contributed by atoms with Crippen molar-refractivity contribution in [2.45, 2.75) is 26.8 Å². The maximum Gasteiger partial charge on any atom is 0.270 e. The van der Waals surface area contributed by atoms with E-state index in [2.05, 4.69) is 48.0 Å². The number of hydrogen-bond donors (Lipinski definition) is 1. The van der Waals surface area contributed by atoms with E-state index >= 15 is 0 Å². The van der Waals surface area contributed by atoms with Gasteiger partial charge >= 0.3 is 0 Å². The van der Waals surface area contributed by atoms with Crippen LogP contribution in [0.1, 0.15) is 35.0 Å². The predicted octanol–water partition coefficient (Wildman–Crippen LogP) is 3.67. The van der Waals surface area contributed by atoms with Crippen LogP contribution in [0.3, 0.4) is 0 Å². The zero-order chi connectivity index (χ0) is 22.5. The van der Waals surface area contributed by atoms with Gasteiger partial charge in [0.15, 0.2) is 0 Å². The summed E-state index contributed by atoms with van der Waals surface area (Å²) in [5, 5.41) is 1.05. The van der Waals surface area contributed by atoms with Crippen molar-refractivity contribution in [1.29, 1.82) is 0 Å². The van der Waals surface area contributed by atoms with Crippen LogP contribution >= 0.6 is 0 Å². The van der Waals surface area contributed by atoms with E-state index in [1.54, 1.807) is 0 Å². The van der Waals surface area contributed by atoms with Crippen LogP contribution in [0.25, 0.3) is 10.9 Å². The summed E-state index contributed by atoms with van der Waals surface area (Å²) >= 11 is 0. The van der Waals surface area contributed by atoms with Crippen molar-refractivity contribution in [1.82, 2.24) is 19.7 Å². The van der Waals surface area contributed by atoms with Gasteiger partial charge in [-0.2, -0.15) is 0 Å². The van der Waals surface area contributed by atoms with E-state index in [9.17, 15) is 9.59 Å². The zero-order valence-corrected chi connectivity index (χ0v) is 19.0. The number of amides is 2. The number of aryl methyl sites for hydroxylation is 1. The van der Waals surface area contributed by atoms with Gasteiger partial charge in [-0.15, -0.1) is 0 Å². The third-order valence-corrected chi connectivity index (χ3v) is 6.12. The number of para-hydroxylation sites is 1. The molecule has 1 aliphatic heterocycles. The average Bonchev–Trinajstić information content (AvgIpc) is 3.24. The van der Waals surface area contributed by atoms with Crippen LogP contribution in [0.5, 0.6) is 0 Å². The Morgan fingerprint density at radius 3 is 2.41 bits per heavy atom. The minimum atomic E-state index is 0.0270. The summed E-state index contributed by atoms with van der Waals surface area (Å²) in [7, 11) is 0. The molecule has 2 heterocycles. The van der Waals surface area contributed by atoms with Gasteiger partial charge in [-0.25, -0.2) is 0 Å². The summed E-state index contributed by atoms with van der Waals surface area (Å²) in [6, 6.07) is 18.2. The first kappa shape index (κ1) is 22.1. The molecular weight excluding hydrogens is 400 g/mol. The standard InChI is InChI=1S/C26H32N4O2/c1-3-12-30(18-21-10-8-20(2)9-11-21)25(31)19-28-13-15-29(16-14-28)26(32)24-17-22-6-4-5-7-23(22)27-24/h4-11,17,27H,3,12-16,18-19H2,1-2H3. The lowest BCUT2D eigenvalue weighted by Crippen LogP contribution is -2.51. The molecule has 6 nitrogen and oxygen atoms in total. The SMILES string of the molecule is CCCN(Cc1ccc(C)cc1)C(=O)CN1CCN(C(=O)c2cc3ccccc3[nH]2)CC1. The number of carbonyl (C=O) groups excluding carboxylic acids is 2. The Balaban J connectivity index is 1.31. The number of piperazine rings is 1. The number of aromatic nitrogens is 1. The molecule has 6 heteroatoms. The van der Waals surface area contributed by atoms with E-state index in [1.807, 2.05) is 40.1 Å². The molecule has 0 unspecified atom stereocenters. The largest absolute Gasteiger partial charge is 0.351 e. The molecule has 1 N–H and O–H groups in total. The molecule has 1 fully saturated rings. The number of carbonyl (C=O) groups is 2. The highest BCUT2D eigenvalue weighted by Gasteiger charge is 2.25. The minimum absolute atomic E-state index is 0.0270. The van der Waals surface area contributed by atoms with Crippen LogP contribution in [0.15, 0.2) is 54.6 Å². The first-order valence-corrected chi connectivity index (χ1v) is 11.5. The van der Waals surface area contributed by atoms with Crippen molar-refractivity contribution < 1.29 is 9.59 Å². The second-order valence-electron chi connectivity index (χ2n) is 8.64. The highest BCUT2D eigenvalue weighted by molar-refractivity contribution is 5.98. The molecular formula is C26H32N4O2. The Bertz CT molecular complexity index is 1030. The van der Waals surface area contributed by atoms with Crippen molar-refractivity contribution in [3.63, 3.8) is 0 Å². The first-order chi connectivity index (χ1) is 15.5. The van der Waals surface area contributed by atoms with Gasteiger partial charge in [0.1, 0.15) is 5.69 Å². The van der Waals surface area contributed by atoms with Crippen LogP contribution in [0.4, 0.5) is 0 Å². The summed E-state index contributed by atoms with van der Waals surface area (Å²) in [5.74, 6) is 0.182. The van der Waals surface area contributed by atoms with Gasteiger partial charge in [0, 0.05) is 50.2 Å². The molecule has 2 amide bonds. The fourth-order valence-electron chi connectivity index (χ4n) is 4.24. The van der Waals surface area contributed by atoms with Crippen molar-refractivity contribution in [2.75, 3.05) is 39.3 Å². The Labute approximate surface area is 189 Å². The van der Waals surface area contributed by atoms with Gasteiger partial charge < -0.3 is 14.8 Å². The number of rotatable bonds is 7. The minimum Gasteiger partial charge on any atom is -0.351 e. The fraction of sp³-hybridized carbons (Fsp3) is 0.385. The van der Waals surface area contributed by atoms with Crippen molar-refractivity contribution >= 4 is 22.7 Å². The molecule has 1 aromatic heterocycles. The number of fused-ring (bicyclic) bond motifs is 1. The molecule has 168 valence electrons. The zero-order valence-electron chi connectivity index (χ0n) is 19.0. The molecule has 0 radical (unpaired) electrons. The van der Waals surface area contributed by atoms with E-state index in [0.29, 0.717) is 45.0 Å². The topological polar surface area (TPSA) is 59.7 Å². The smallest absolute Gasteiger partial charge is 0.270 e. The van der Waals surface area contributed by atoms with E-state index < -0.39 is 0 Å². The molecule has 0 atom stereocenters. The number of benzene rings is 2. The molecule has 2 aromatic carbocycles. The molecule has 0 aliphatic carbocycles. The lowest BCUT2D eigenvalue weighted by Gasteiger charge is -2.35. The van der Waals surface area contributed by atoms with Crippen molar-refractivity contribution in [3.05, 3.63) is 71.4 Å². The Kier molecular flexibility index (Phi) is 6.90. The Hall–Kier alpha value is -3.12. The molecule has 1 aliphatic rings. The summed E-state index contributed by atoms with van der Waals surface area (Å²) < 4.78 is 0. The van der Waals surface area contributed by atoms with Crippen LogP contribution in [0.2, 0.25) is 0 Å². The second-order valence-corrected chi connectivity index (χ2v) is 8.64. The van der Waals surface area contributed by atoms with E-state index in [-0.39, 0.29) is 11.8 Å². The molecule has 0 spiro atoms. The monoisotopic (exact) mass is 432 g/mol. The second kappa shape index (κ2) is 10.0. The van der Waals surface area contributed by atoms with Crippen LogP contribution in [0, 0.1) is 6.92 Å². The summed E-state index contributed by atoms with van der Waals surface area (Å²) in [5.41, 5.74) is 3.99. The van der Waals surface area contributed by atoms with E-state index in [1.165, 1.54) is 5.56 Å². The summed E-state index contributed by atoms with van der Waals surface area (Å²) in [6.45, 7) is 8.66. The van der Waals surface area contributed by atoms with Gasteiger partial charge in [-0.3, -0.25) is 14.5 Å². The first-order valence-electron chi connectivity index (χ1n) is 11.5. The van der Waals surface area contributed by atoms with Gasteiger partial charge in [0.05, 0.1) is 6.54 Å². The highest BCUT2D eigenvalue weighted by Crippen LogP contribution is 2.17. The third-order valence-electron chi connectivity index (χ3n) is 6.12. The molecule has 0 bridgehead atoms. The van der Waals surface area contributed by atoms with Crippen LogP contribution < -0.4 is 0 Å². The van der Waals surface area contributed by atoms with Gasteiger partial charge in [-0.05, 0) is 31.0 Å². The molecule has 3 aromatic rings. The highest BCUT2D eigenvalue weighted by atomic mass is 16.2. The summed E-state index contributed by atoms with van der Waals surface area (Å²) in [6.07, 6.45) is 0.935. The van der Waals surface area contributed by atoms with Gasteiger partial charge in [-0.1, -0.05) is 55.0 Å². The molecule has 1 saturated heterocycles. The van der Waals surface area contributed by atoms with E-state index in [4.69, 9.17) is 0 Å². The average molecular weight is 433 g/mol. The Morgan fingerprint density at radius 1 is 1.00 bits per heavy atom. The van der Waals surface area contributed by atoms with Crippen molar-refractivity contribution in [2.24, 2.45) is 0 Å². The maximum atomic E-state index is 13.0. The van der Waals surface area contributed by atoms with Gasteiger partial charge in [0.2, 0.25) is 5.91 Å². The number of hydrogen-bond acceptors (Lipinski definition) is 3. The van der Waals surface area contributed by atoms with Crippen LogP contribution in [-0.4, -0.2) is 70.8 Å². The number of aromatic amines is 1. The molecule has 0 saturated carbocycles. The summed E-state index contributed by atoms with van der Waals surface area (Å²) in [4.78, 5) is 35.1. The quantitative estimate of drug-likeness (QED) is 0.620. The Morgan fingerprint density at radius 2 is 1.72 bits per heavy atom. The maximum absolute atomic E-state index is 13.0. The normalized spacial score (nSPS) is 14.6. The fourth-order valence-corrected chi connectivity index (χ4v) is 4.24. The van der Waals surface area contributed by atoms with Crippen molar-refractivity contribution in [3.8, 4) is 0 Å². The lowest BCUT2D eigenvalue weighted by atomic mass is 10.1. The predicted molar refractivity (Wildman–Crippen MR) is 128 cm³/mol.